The third-order valence-corrected chi connectivity index (χ3v) is 7.15. The van der Waals surface area contributed by atoms with Crippen LogP contribution in [0.3, 0.4) is 0 Å². The van der Waals surface area contributed by atoms with E-state index in [1.54, 1.807) is 19.2 Å². The van der Waals surface area contributed by atoms with Crippen molar-refractivity contribution in [1.29, 1.82) is 0 Å². The molecule has 0 amide bonds. The maximum absolute atomic E-state index is 12.2. The van der Waals surface area contributed by atoms with Crippen LogP contribution in [-0.4, -0.2) is 34.0 Å². The van der Waals surface area contributed by atoms with Gasteiger partial charge < -0.3 is 10.6 Å². The number of nitrogens with zero attached hydrogens (tertiary/aromatic N) is 1. The normalized spacial score (nSPS) is 19.0. The molecular formula is C19H31IN4O2S. The van der Waals surface area contributed by atoms with E-state index in [0.29, 0.717) is 16.9 Å². The van der Waals surface area contributed by atoms with Crippen LogP contribution in [-0.2, 0) is 16.6 Å². The Bertz CT molecular complexity index is 736. The van der Waals surface area contributed by atoms with Crippen molar-refractivity contribution >= 4 is 40.0 Å². The molecule has 0 aliphatic heterocycles. The molecule has 6 nitrogen and oxygen atoms in total. The van der Waals surface area contributed by atoms with Crippen LogP contribution in [0.15, 0.2) is 34.2 Å². The third kappa shape index (κ3) is 6.05. The number of hydrogen-bond acceptors (Lipinski definition) is 3. The lowest BCUT2D eigenvalue weighted by molar-refractivity contribution is 0.131. The summed E-state index contributed by atoms with van der Waals surface area (Å²) in [5, 5.41) is 6.74. The maximum atomic E-state index is 12.2. The van der Waals surface area contributed by atoms with Crippen molar-refractivity contribution in [1.82, 2.24) is 15.4 Å². The van der Waals surface area contributed by atoms with E-state index in [9.17, 15) is 8.42 Å². The van der Waals surface area contributed by atoms with Crippen molar-refractivity contribution in [3.63, 3.8) is 0 Å². The molecule has 27 heavy (non-hydrogen) atoms. The second kappa shape index (κ2) is 9.56. The lowest BCUT2D eigenvalue weighted by Crippen LogP contribution is -2.46. The first-order valence-corrected chi connectivity index (χ1v) is 11.0. The highest BCUT2D eigenvalue weighted by Crippen LogP contribution is 2.42. The van der Waals surface area contributed by atoms with Crippen LogP contribution in [0, 0.1) is 5.41 Å². The number of nitrogens with one attached hydrogen (secondary N) is 3. The van der Waals surface area contributed by atoms with Crippen LogP contribution in [0.25, 0.3) is 0 Å². The van der Waals surface area contributed by atoms with Crippen LogP contribution in [0.5, 0.6) is 0 Å². The van der Waals surface area contributed by atoms with Crippen molar-refractivity contribution in [2.45, 2.75) is 62.9 Å². The molecule has 1 aromatic rings. The smallest absolute Gasteiger partial charge is 0.240 e. The molecule has 3 rings (SSSR count). The number of sulfonamides is 1. The SMILES string of the molecule is CCC1(CNC(=NC)NCc2ccc(S(=O)(=O)NC3CC3)cc2)CCC1.I. The summed E-state index contributed by atoms with van der Waals surface area (Å²) in [6, 6.07) is 7.15. The molecule has 0 bridgehead atoms. The van der Waals surface area contributed by atoms with Gasteiger partial charge in [-0.25, -0.2) is 13.1 Å². The van der Waals surface area contributed by atoms with Crippen LogP contribution in [0.2, 0.25) is 0 Å². The molecule has 2 aliphatic carbocycles. The second-order valence-electron chi connectivity index (χ2n) is 7.53. The minimum Gasteiger partial charge on any atom is -0.356 e. The summed E-state index contributed by atoms with van der Waals surface area (Å²) in [4.78, 5) is 4.61. The number of aliphatic imine (C=N–C) groups is 1. The summed E-state index contributed by atoms with van der Waals surface area (Å²) in [5.74, 6) is 0.789. The van der Waals surface area contributed by atoms with Gasteiger partial charge in [-0.05, 0) is 55.2 Å². The Morgan fingerprint density at radius 3 is 2.33 bits per heavy atom. The van der Waals surface area contributed by atoms with Crippen LogP contribution < -0.4 is 15.4 Å². The standard InChI is InChI=1S/C19H30N4O2S.HI/c1-3-19(11-4-12-19)14-22-18(20-2)21-13-15-5-9-17(10-6-15)26(24,25)23-16-7-8-16;/h5-6,9-10,16,23H,3-4,7-8,11-14H2,1-2H3,(H2,20,21,22);1H. The van der Waals surface area contributed by atoms with Gasteiger partial charge >= 0.3 is 0 Å². The molecule has 0 heterocycles. The molecule has 2 aliphatic rings. The van der Waals surface area contributed by atoms with Gasteiger partial charge in [0.1, 0.15) is 0 Å². The zero-order chi connectivity index (χ0) is 18.6. The molecule has 0 saturated heterocycles. The average Bonchev–Trinajstić information content (AvgIpc) is 3.40. The molecule has 0 spiro atoms. The summed E-state index contributed by atoms with van der Waals surface area (Å²) in [6.45, 7) is 3.81. The summed E-state index contributed by atoms with van der Waals surface area (Å²) in [5.41, 5.74) is 1.45. The fourth-order valence-corrected chi connectivity index (χ4v) is 4.59. The van der Waals surface area contributed by atoms with Gasteiger partial charge in [-0.15, -0.1) is 24.0 Å². The topological polar surface area (TPSA) is 82.6 Å². The van der Waals surface area contributed by atoms with Crippen molar-refractivity contribution in [2.24, 2.45) is 10.4 Å². The van der Waals surface area contributed by atoms with Gasteiger partial charge in [-0.3, -0.25) is 4.99 Å². The molecule has 3 N–H and O–H groups in total. The van der Waals surface area contributed by atoms with E-state index in [1.807, 2.05) is 12.1 Å². The van der Waals surface area contributed by atoms with Gasteiger partial charge in [0, 0.05) is 26.2 Å². The van der Waals surface area contributed by atoms with Crippen molar-refractivity contribution < 1.29 is 8.42 Å². The molecule has 0 atom stereocenters. The predicted octanol–water partition coefficient (Wildman–Crippen LogP) is 2.99. The highest BCUT2D eigenvalue weighted by atomic mass is 127. The van der Waals surface area contributed by atoms with Crippen molar-refractivity contribution in [3.05, 3.63) is 29.8 Å². The second-order valence-corrected chi connectivity index (χ2v) is 9.24. The lowest BCUT2D eigenvalue weighted by Gasteiger charge is -2.41. The molecule has 0 aromatic heterocycles. The highest BCUT2D eigenvalue weighted by molar-refractivity contribution is 14.0. The zero-order valence-corrected chi connectivity index (χ0v) is 19.3. The zero-order valence-electron chi connectivity index (χ0n) is 16.1. The van der Waals surface area contributed by atoms with Gasteiger partial charge in [0.25, 0.3) is 0 Å². The number of rotatable bonds is 8. The van der Waals surface area contributed by atoms with E-state index >= 15 is 0 Å². The molecule has 0 unspecified atom stereocenters. The van der Waals surface area contributed by atoms with Crippen LogP contribution in [0.1, 0.15) is 51.0 Å². The van der Waals surface area contributed by atoms with E-state index in [-0.39, 0.29) is 30.0 Å². The summed E-state index contributed by atoms with van der Waals surface area (Å²) in [7, 11) is -1.61. The largest absolute Gasteiger partial charge is 0.356 e. The van der Waals surface area contributed by atoms with Gasteiger partial charge in [0.2, 0.25) is 10.0 Å². The number of halogens is 1. The summed E-state index contributed by atoms with van der Waals surface area (Å²) in [6.07, 6.45) is 6.98. The Hall–Kier alpha value is -0.870. The lowest BCUT2D eigenvalue weighted by atomic mass is 9.67. The quantitative estimate of drug-likeness (QED) is 0.288. The van der Waals surface area contributed by atoms with E-state index in [1.165, 1.54) is 25.7 Å². The fraction of sp³-hybridized carbons (Fsp3) is 0.632. The third-order valence-electron chi connectivity index (χ3n) is 5.61. The molecule has 0 radical (unpaired) electrons. The molecule has 152 valence electrons. The van der Waals surface area contributed by atoms with E-state index in [0.717, 1.165) is 30.9 Å². The minimum absolute atomic E-state index is 0. The van der Waals surface area contributed by atoms with Crippen LogP contribution >= 0.6 is 24.0 Å². The van der Waals surface area contributed by atoms with Gasteiger partial charge in [0.05, 0.1) is 4.90 Å². The van der Waals surface area contributed by atoms with Crippen molar-refractivity contribution in [3.8, 4) is 0 Å². The van der Waals surface area contributed by atoms with Crippen LogP contribution in [0.4, 0.5) is 0 Å². The predicted molar refractivity (Wildman–Crippen MR) is 120 cm³/mol. The Morgan fingerprint density at radius 2 is 1.85 bits per heavy atom. The molecule has 1 aromatic carbocycles. The van der Waals surface area contributed by atoms with E-state index in [2.05, 4.69) is 27.3 Å². The van der Waals surface area contributed by atoms with Crippen molar-refractivity contribution in [2.75, 3.05) is 13.6 Å². The molecule has 2 fully saturated rings. The Kier molecular flexibility index (Phi) is 7.94. The van der Waals surface area contributed by atoms with Gasteiger partial charge in [0.15, 0.2) is 5.96 Å². The van der Waals surface area contributed by atoms with E-state index < -0.39 is 10.0 Å². The summed E-state index contributed by atoms with van der Waals surface area (Å²) < 4.78 is 27.1. The Balaban J connectivity index is 0.00000261. The number of benzene rings is 1. The molecular weight excluding hydrogens is 475 g/mol. The molecule has 2 saturated carbocycles. The number of hydrogen-bond donors (Lipinski definition) is 3. The maximum Gasteiger partial charge on any atom is 0.240 e. The summed E-state index contributed by atoms with van der Waals surface area (Å²) >= 11 is 0. The first-order valence-electron chi connectivity index (χ1n) is 9.52. The Morgan fingerprint density at radius 1 is 1.19 bits per heavy atom. The number of guanidine groups is 1. The van der Waals surface area contributed by atoms with Gasteiger partial charge in [-0.1, -0.05) is 25.5 Å². The monoisotopic (exact) mass is 506 g/mol. The average molecular weight is 506 g/mol. The minimum atomic E-state index is -3.38. The van der Waals surface area contributed by atoms with Gasteiger partial charge in [-0.2, -0.15) is 0 Å². The first-order chi connectivity index (χ1) is 12.5. The Labute approximate surface area is 180 Å². The fourth-order valence-electron chi connectivity index (χ4n) is 3.28. The highest BCUT2D eigenvalue weighted by Gasteiger charge is 2.34. The van der Waals surface area contributed by atoms with E-state index in [4.69, 9.17) is 0 Å². The first kappa shape index (κ1) is 22.4. The molecule has 8 heteroatoms.